The van der Waals surface area contributed by atoms with Gasteiger partial charge in [-0.25, -0.2) is 0 Å². The van der Waals surface area contributed by atoms with Crippen LogP contribution in [0.25, 0.3) is 0 Å². The first-order valence-electron chi connectivity index (χ1n) is 6.47. The van der Waals surface area contributed by atoms with Crippen molar-refractivity contribution >= 4 is 18.5 Å². The topological polar surface area (TPSA) is 23.6 Å². The minimum Gasteiger partial charge on any atom is -0.340 e. The first kappa shape index (κ1) is 13.4. The smallest absolute Gasteiger partial charge is 0.227 e. The average molecular weight is 264 g/mol. The van der Waals surface area contributed by atoms with Crippen LogP contribution in [0.15, 0.2) is 29.2 Å². The zero-order valence-electron chi connectivity index (χ0n) is 10.8. The summed E-state index contributed by atoms with van der Waals surface area (Å²) in [4.78, 5) is 17.4. The van der Waals surface area contributed by atoms with E-state index in [1.54, 1.807) is 0 Å². The Morgan fingerprint density at radius 1 is 1.17 bits per heavy atom. The Morgan fingerprint density at radius 2 is 1.78 bits per heavy atom. The van der Waals surface area contributed by atoms with Crippen LogP contribution >= 0.6 is 12.6 Å². The Kier molecular flexibility index (Phi) is 4.66. The molecule has 1 aliphatic heterocycles. The lowest BCUT2D eigenvalue weighted by molar-refractivity contribution is -0.132. The third-order valence-corrected chi connectivity index (χ3v) is 3.76. The van der Waals surface area contributed by atoms with Gasteiger partial charge in [-0.3, -0.25) is 4.79 Å². The second kappa shape index (κ2) is 6.25. The molecule has 0 atom stereocenters. The number of thiol groups is 1. The van der Waals surface area contributed by atoms with E-state index in [4.69, 9.17) is 0 Å². The highest BCUT2D eigenvalue weighted by molar-refractivity contribution is 7.80. The lowest BCUT2D eigenvalue weighted by atomic mass is 10.1. The molecule has 0 aliphatic carbocycles. The molecule has 18 heavy (non-hydrogen) atoms. The summed E-state index contributed by atoms with van der Waals surface area (Å²) in [5.41, 5.74) is 1.07. The summed E-state index contributed by atoms with van der Waals surface area (Å²) < 4.78 is 0. The fourth-order valence-corrected chi connectivity index (χ4v) is 2.36. The van der Waals surface area contributed by atoms with Crippen LogP contribution in [0.4, 0.5) is 0 Å². The molecular weight excluding hydrogens is 244 g/mol. The molecule has 1 aliphatic rings. The van der Waals surface area contributed by atoms with E-state index >= 15 is 0 Å². The summed E-state index contributed by atoms with van der Waals surface area (Å²) in [6.07, 6.45) is 0.500. The van der Waals surface area contributed by atoms with E-state index in [2.05, 4.69) is 24.5 Å². The summed E-state index contributed by atoms with van der Waals surface area (Å²) >= 11 is 4.24. The molecule has 4 heteroatoms. The zero-order valence-corrected chi connectivity index (χ0v) is 11.7. The first-order chi connectivity index (χ1) is 8.69. The number of amides is 1. The van der Waals surface area contributed by atoms with Crippen LogP contribution in [-0.4, -0.2) is 48.4 Å². The van der Waals surface area contributed by atoms with Crippen LogP contribution < -0.4 is 0 Å². The van der Waals surface area contributed by atoms with Gasteiger partial charge >= 0.3 is 0 Å². The highest BCUT2D eigenvalue weighted by Gasteiger charge is 2.19. The predicted octanol–water partition coefficient (Wildman–Crippen LogP) is 1.68. The SMILES string of the molecule is CCN1CCN(C(=O)Cc2ccc(S)cc2)CC1. The molecule has 0 bridgehead atoms. The van der Waals surface area contributed by atoms with Crippen molar-refractivity contribution in [2.75, 3.05) is 32.7 Å². The number of nitrogens with zero attached hydrogens (tertiary/aromatic N) is 2. The quantitative estimate of drug-likeness (QED) is 0.840. The maximum absolute atomic E-state index is 12.1. The largest absolute Gasteiger partial charge is 0.340 e. The molecular formula is C14H20N2OS. The van der Waals surface area contributed by atoms with Crippen molar-refractivity contribution in [2.45, 2.75) is 18.2 Å². The predicted molar refractivity (Wildman–Crippen MR) is 76.1 cm³/mol. The van der Waals surface area contributed by atoms with Gasteiger partial charge in [0.2, 0.25) is 5.91 Å². The van der Waals surface area contributed by atoms with Gasteiger partial charge in [0.1, 0.15) is 0 Å². The second-order valence-electron chi connectivity index (χ2n) is 4.66. The van der Waals surface area contributed by atoms with E-state index in [1.807, 2.05) is 29.2 Å². The molecule has 1 fully saturated rings. The highest BCUT2D eigenvalue weighted by Crippen LogP contribution is 2.10. The van der Waals surface area contributed by atoms with Gasteiger partial charge in [0.25, 0.3) is 0 Å². The van der Waals surface area contributed by atoms with Crippen LogP contribution in [0.1, 0.15) is 12.5 Å². The number of piperazine rings is 1. The van der Waals surface area contributed by atoms with Crippen molar-refractivity contribution in [2.24, 2.45) is 0 Å². The standard InChI is InChI=1S/C14H20N2OS/c1-2-15-7-9-16(10-8-15)14(17)11-12-3-5-13(18)6-4-12/h3-6,18H,2,7-11H2,1H3. The van der Waals surface area contributed by atoms with Gasteiger partial charge in [-0.15, -0.1) is 12.6 Å². The van der Waals surface area contributed by atoms with E-state index in [-0.39, 0.29) is 5.91 Å². The van der Waals surface area contributed by atoms with Crippen LogP contribution in [-0.2, 0) is 11.2 Å². The van der Waals surface area contributed by atoms with E-state index in [9.17, 15) is 4.79 Å². The fraction of sp³-hybridized carbons (Fsp3) is 0.500. The van der Waals surface area contributed by atoms with Gasteiger partial charge in [0.05, 0.1) is 6.42 Å². The lowest BCUT2D eigenvalue weighted by Gasteiger charge is -2.34. The summed E-state index contributed by atoms with van der Waals surface area (Å²) in [7, 11) is 0. The van der Waals surface area contributed by atoms with Gasteiger partial charge in [0, 0.05) is 31.1 Å². The highest BCUT2D eigenvalue weighted by atomic mass is 32.1. The Balaban J connectivity index is 1.87. The minimum atomic E-state index is 0.234. The number of carbonyl (C=O) groups is 1. The summed E-state index contributed by atoms with van der Waals surface area (Å²) in [5.74, 6) is 0.234. The number of likely N-dealkylation sites (N-methyl/N-ethyl adjacent to an activating group) is 1. The number of rotatable bonds is 3. The monoisotopic (exact) mass is 264 g/mol. The zero-order chi connectivity index (χ0) is 13.0. The Labute approximate surface area is 114 Å². The fourth-order valence-electron chi connectivity index (χ4n) is 2.21. The second-order valence-corrected chi connectivity index (χ2v) is 5.17. The van der Waals surface area contributed by atoms with Crippen molar-refractivity contribution in [3.63, 3.8) is 0 Å². The number of carbonyl (C=O) groups excluding carboxylic acids is 1. The maximum Gasteiger partial charge on any atom is 0.227 e. The molecule has 1 aromatic carbocycles. The van der Waals surface area contributed by atoms with Crippen LogP contribution in [0.3, 0.4) is 0 Å². The average Bonchev–Trinajstić information content (AvgIpc) is 2.41. The maximum atomic E-state index is 12.1. The summed E-state index contributed by atoms with van der Waals surface area (Å²) in [6.45, 7) is 6.95. The third kappa shape index (κ3) is 3.50. The van der Waals surface area contributed by atoms with Gasteiger partial charge in [-0.2, -0.15) is 0 Å². The van der Waals surface area contributed by atoms with Crippen LogP contribution in [0, 0.1) is 0 Å². The molecule has 3 nitrogen and oxygen atoms in total. The molecule has 0 aromatic heterocycles. The molecule has 0 radical (unpaired) electrons. The van der Waals surface area contributed by atoms with E-state index in [0.717, 1.165) is 43.2 Å². The molecule has 1 heterocycles. The molecule has 0 N–H and O–H groups in total. The van der Waals surface area contributed by atoms with Crippen molar-refractivity contribution in [3.05, 3.63) is 29.8 Å². The van der Waals surface area contributed by atoms with E-state index < -0.39 is 0 Å². The molecule has 2 rings (SSSR count). The van der Waals surface area contributed by atoms with Crippen molar-refractivity contribution < 1.29 is 4.79 Å². The van der Waals surface area contributed by atoms with Crippen LogP contribution in [0.2, 0.25) is 0 Å². The Morgan fingerprint density at radius 3 is 2.33 bits per heavy atom. The van der Waals surface area contributed by atoms with Crippen molar-refractivity contribution in [1.82, 2.24) is 9.80 Å². The molecule has 1 aromatic rings. The van der Waals surface area contributed by atoms with Gasteiger partial charge in [-0.1, -0.05) is 19.1 Å². The van der Waals surface area contributed by atoms with Crippen LogP contribution in [0.5, 0.6) is 0 Å². The minimum absolute atomic E-state index is 0.234. The van der Waals surface area contributed by atoms with Gasteiger partial charge in [-0.05, 0) is 24.2 Å². The first-order valence-corrected chi connectivity index (χ1v) is 6.92. The summed E-state index contributed by atoms with van der Waals surface area (Å²) in [6, 6.07) is 7.81. The summed E-state index contributed by atoms with van der Waals surface area (Å²) in [5, 5.41) is 0. The molecule has 0 spiro atoms. The van der Waals surface area contributed by atoms with E-state index in [0.29, 0.717) is 6.42 Å². The normalized spacial score (nSPS) is 16.9. The van der Waals surface area contributed by atoms with Crippen molar-refractivity contribution in [3.8, 4) is 0 Å². The molecule has 1 saturated heterocycles. The molecule has 0 saturated carbocycles. The van der Waals surface area contributed by atoms with Gasteiger partial charge < -0.3 is 9.80 Å². The molecule has 98 valence electrons. The molecule has 0 unspecified atom stereocenters. The number of hydrogen-bond acceptors (Lipinski definition) is 3. The molecule has 1 amide bonds. The van der Waals surface area contributed by atoms with Gasteiger partial charge in [0.15, 0.2) is 0 Å². The third-order valence-electron chi connectivity index (χ3n) is 3.46. The van der Waals surface area contributed by atoms with E-state index in [1.165, 1.54) is 0 Å². The Hall–Kier alpha value is -1.00. The number of benzene rings is 1. The van der Waals surface area contributed by atoms with Crippen molar-refractivity contribution in [1.29, 1.82) is 0 Å². The number of hydrogen-bond donors (Lipinski definition) is 1. The Bertz CT molecular complexity index is 397. The lowest BCUT2D eigenvalue weighted by Crippen LogP contribution is -2.48.